The smallest absolute Gasteiger partial charge is 0.338 e. The van der Waals surface area contributed by atoms with E-state index in [-0.39, 0.29) is 5.91 Å². The van der Waals surface area contributed by atoms with Crippen LogP contribution in [-0.4, -0.2) is 24.6 Å². The maximum atomic E-state index is 12.5. The summed E-state index contributed by atoms with van der Waals surface area (Å²) in [5.41, 5.74) is 0.992. The van der Waals surface area contributed by atoms with E-state index in [1.807, 2.05) is 24.3 Å². The van der Waals surface area contributed by atoms with Crippen molar-refractivity contribution in [3.8, 4) is 5.75 Å². The molecule has 0 spiro atoms. The second-order valence-electron chi connectivity index (χ2n) is 6.14. The number of halogens is 1. The minimum Gasteiger partial charge on any atom is -0.480 e. The van der Waals surface area contributed by atoms with Gasteiger partial charge in [0.05, 0.1) is 12.2 Å². The number of fused-ring (bicyclic) bond motifs is 1. The first kappa shape index (κ1) is 19.7. The van der Waals surface area contributed by atoms with Gasteiger partial charge < -0.3 is 14.8 Å². The summed E-state index contributed by atoms with van der Waals surface area (Å²) in [6, 6.07) is 17.6. The number of ether oxygens (including phenoxy) is 2. The molecular formula is C22H20ClNO4. The predicted molar refractivity (Wildman–Crippen MR) is 110 cm³/mol. The van der Waals surface area contributed by atoms with Crippen molar-refractivity contribution >= 4 is 39.9 Å². The zero-order valence-electron chi connectivity index (χ0n) is 15.6. The van der Waals surface area contributed by atoms with Gasteiger partial charge in [0.15, 0.2) is 6.10 Å². The van der Waals surface area contributed by atoms with Gasteiger partial charge in [-0.25, -0.2) is 4.79 Å². The van der Waals surface area contributed by atoms with Crippen LogP contribution < -0.4 is 10.1 Å². The maximum Gasteiger partial charge on any atom is 0.338 e. The molecule has 1 atom stereocenters. The third-order valence-corrected chi connectivity index (χ3v) is 4.50. The van der Waals surface area contributed by atoms with Crippen molar-refractivity contribution in [2.75, 3.05) is 11.9 Å². The fourth-order valence-electron chi connectivity index (χ4n) is 2.73. The third-order valence-electron chi connectivity index (χ3n) is 4.17. The van der Waals surface area contributed by atoms with E-state index in [9.17, 15) is 9.59 Å². The van der Waals surface area contributed by atoms with E-state index in [4.69, 9.17) is 21.1 Å². The lowest BCUT2D eigenvalue weighted by Gasteiger charge is -2.17. The first-order chi connectivity index (χ1) is 13.5. The number of hydrogen-bond donors (Lipinski definition) is 1. The average molecular weight is 398 g/mol. The van der Waals surface area contributed by atoms with Crippen LogP contribution in [0.15, 0.2) is 60.7 Å². The molecule has 0 radical (unpaired) electrons. The van der Waals surface area contributed by atoms with Crippen LogP contribution in [-0.2, 0) is 9.53 Å². The summed E-state index contributed by atoms with van der Waals surface area (Å²) >= 11 is 6.22. The van der Waals surface area contributed by atoms with Crippen LogP contribution in [0.3, 0.4) is 0 Å². The van der Waals surface area contributed by atoms with Gasteiger partial charge in [-0.3, -0.25) is 4.79 Å². The Hall–Kier alpha value is -3.05. The highest BCUT2D eigenvalue weighted by atomic mass is 35.5. The fourth-order valence-corrected chi connectivity index (χ4v) is 2.96. The monoisotopic (exact) mass is 397 g/mol. The molecule has 1 unspecified atom stereocenters. The molecule has 0 aliphatic heterocycles. The molecule has 0 heterocycles. The number of rotatable bonds is 6. The van der Waals surface area contributed by atoms with Gasteiger partial charge in [0.25, 0.3) is 5.91 Å². The zero-order chi connectivity index (χ0) is 20.1. The standard InChI is InChI=1S/C22H20ClNO4/c1-3-27-22(26)15-8-10-16(11-9-15)24-21(25)14(2)28-20-13-12-19(23)17-6-4-5-7-18(17)20/h4-14H,3H2,1-2H3,(H,24,25). The molecule has 0 aromatic heterocycles. The van der Waals surface area contributed by atoms with E-state index >= 15 is 0 Å². The molecule has 0 fully saturated rings. The largest absolute Gasteiger partial charge is 0.480 e. The van der Waals surface area contributed by atoms with Crippen molar-refractivity contribution in [3.05, 3.63) is 71.2 Å². The molecule has 0 saturated carbocycles. The van der Waals surface area contributed by atoms with Gasteiger partial charge in [-0.05, 0) is 50.2 Å². The van der Waals surface area contributed by atoms with Gasteiger partial charge in [-0.2, -0.15) is 0 Å². The molecular weight excluding hydrogens is 378 g/mol. The van der Waals surface area contributed by atoms with Gasteiger partial charge in [-0.15, -0.1) is 0 Å². The van der Waals surface area contributed by atoms with Gasteiger partial charge >= 0.3 is 5.97 Å². The summed E-state index contributed by atoms with van der Waals surface area (Å²) in [5.74, 6) is -0.116. The van der Waals surface area contributed by atoms with Crippen LogP contribution in [0.2, 0.25) is 5.02 Å². The summed E-state index contributed by atoms with van der Waals surface area (Å²) in [6.07, 6.45) is -0.727. The molecule has 0 saturated heterocycles. The Morgan fingerprint density at radius 1 is 1.00 bits per heavy atom. The summed E-state index contributed by atoms with van der Waals surface area (Å²) in [7, 11) is 0. The first-order valence-electron chi connectivity index (χ1n) is 8.91. The summed E-state index contributed by atoms with van der Waals surface area (Å²) in [4.78, 5) is 24.2. The summed E-state index contributed by atoms with van der Waals surface area (Å²) in [5, 5.41) is 5.11. The fraction of sp³-hybridized carbons (Fsp3) is 0.182. The van der Waals surface area contributed by atoms with Crippen molar-refractivity contribution in [2.45, 2.75) is 20.0 Å². The molecule has 144 valence electrons. The second kappa shape index (κ2) is 8.76. The Balaban J connectivity index is 1.69. The average Bonchev–Trinajstić information content (AvgIpc) is 2.71. The molecule has 0 bridgehead atoms. The number of anilines is 1. The lowest BCUT2D eigenvalue weighted by Crippen LogP contribution is -2.30. The number of carbonyl (C=O) groups is 2. The minimum absolute atomic E-state index is 0.303. The molecule has 3 aromatic rings. The van der Waals surface area contributed by atoms with Gasteiger partial charge in [0.1, 0.15) is 5.75 Å². The summed E-state index contributed by atoms with van der Waals surface area (Å²) < 4.78 is 10.8. The highest BCUT2D eigenvalue weighted by molar-refractivity contribution is 6.35. The Bertz CT molecular complexity index is 1000. The molecule has 1 N–H and O–H groups in total. The van der Waals surface area contributed by atoms with E-state index < -0.39 is 12.1 Å². The van der Waals surface area contributed by atoms with Crippen molar-refractivity contribution in [1.82, 2.24) is 0 Å². The molecule has 0 aliphatic rings. The van der Waals surface area contributed by atoms with Crippen LogP contribution in [0.5, 0.6) is 5.75 Å². The number of benzene rings is 3. The van der Waals surface area contributed by atoms with Crippen LogP contribution in [0.4, 0.5) is 5.69 Å². The summed E-state index contributed by atoms with van der Waals surface area (Å²) in [6.45, 7) is 3.73. The van der Waals surface area contributed by atoms with Gasteiger partial charge in [0.2, 0.25) is 0 Å². The van der Waals surface area contributed by atoms with E-state index in [2.05, 4.69) is 5.32 Å². The zero-order valence-corrected chi connectivity index (χ0v) is 16.3. The number of esters is 1. The first-order valence-corrected chi connectivity index (χ1v) is 9.29. The molecule has 28 heavy (non-hydrogen) atoms. The number of hydrogen-bond acceptors (Lipinski definition) is 4. The quantitative estimate of drug-likeness (QED) is 0.589. The molecule has 6 heteroatoms. The van der Waals surface area contributed by atoms with E-state index in [1.165, 1.54) is 0 Å². The predicted octanol–water partition coefficient (Wildman–Crippen LogP) is 5.08. The Labute approximate surface area is 168 Å². The molecule has 5 nitrogen and oxygen atoms in total. The van der Waals surface area contributed by atoms with Crippen LogP contribution in [0, 0.1) is 0 Å². The van der Waals surface area contributed by atoms with Crippen LogP contribution in [0.1, 0.15) is 24.2 Å². The second-order valence-corrected chi connectivity index (χ2v) is 6.55. The molecule has 3 aromatic carbocycles. The molecule has 3 rings (SSSR count). The van der Waals surface area contributed by atoms with Crippen LogP contribution in [0.25, 0.3) is 10.8 Å². The Morgan fingerprint density at radius 3 is 2.36 bits per heavy atom. The lowest BCUT2D eigenvalue weighted by atomic mass is 10.1. The van der Waals surface area contributed by atoms with Crippen molar-refractivity contribution in [3.63, 3.8) is 0 Å². The van der Waals surface area contributed by atoms with E-state index in [0.717, 1.165) is 10.8 Å². The van der Waals surface area contributed by atoms with Gasteiger partial charge in [-0.1, -0.05) is 35.9 Å². The minimum atomic E-state index is -0.727. The van der Waals surface area contributed by atoms with Crippen molar-refractivity contribution in [1.29, 1.82) is 0 Å². The highest BCUT2D eigenvalue weighted by Crippen LogP contribution is 2.31. The molecule has 0 aliphatic carbocycles. The van der Waals surface area contributed by atoms with E-state index in [0.29, 0.717) is 28.6 Å². The topological polar surface area (TPSA) is 64.6 Å². The SMILES string of the molecule is CCOC(=O)c1ccc(NC(=O)C(C)Oc2ccc(Cl)c3ccccc23)cc1. The van der Waals surface area contributed by atoms with Crippen molar-refractivity contribution in [2.24, 2.45) is 0 Å². The third kappa shape index (κ3) is 4.43. The van der Waals surface area contributed by atoms with E-state index in [1.54, 1.807) is 50.2 Å². The normalized spacial score (nSPS) is 11.7. The van der Waals surface area contributed by atoms with Gasteiger partial charge in [0, 0.05) is 21.5 Å². The number of carbonyl (C=O) groups excluding carboxylic acids is 2. The number of amides is 1. The molecule has 1 amide bonds. The van der Waals surface area contributed by atoms with Crippen LogP contribution >= 0.6 is 11.6 Å². The Morgan fingerprint density at radius 2 is 1.68 bits per heavy atom. The van der Waals surface area contributed by atoms with Crippen molar-refractivity contribution < 1.29 is 19.1 Å². The number of nitrogens with one attached hydrogen (secondary N) is 1. The lowest BCUT2D eigenvalue weighted by molar-refractivity contribution is -0.122. The highest BCUT2D eigenvalue weighted by Gasteiger charge is 2.17. The maximum absolute atomic E-state index is 12.5. The Kier molecular flexibility index (Phi) is 6.16.